The van der Waals surface area contributed by atoms with E-state index in [1.165, 1.54) is 25.9 Å². The van der Waals surface area contributed by atoms with E-state index >= 15 is 0 Å². The number of nitrogens with zero attached hydrogens (tertiary/aromatic N) is 2. The van der Waals surface area contributed by atoms with Crippen LogP contribution in [0, 0.1) is 0 Å². The summed E-state index contributed by atoms with van der Waals surface area (Å²) in [5, 5.41) is 2.95. The standard InChI is InChI=1S/C11H16N2OS/c1-9(14)10-8-15-11(12-10)4-7-13-5-2-3-6-13/h8H,2-7H2,1H3. The molecular formula is C11H16N2OS. The van der Waals surface area contributed by atoms with Crippen molar-refractivity contribution in [2.45, 2.75) is 26.2 Å². The van der Waals surface area contributed by atoms with Crippen molar-refractivity contribution in [1.29, 1.82) is 0 Å². The molecule has 4 heteroatoms. The van der Waals surface area contributed by atoms with Gasteiger partial charge in [-0.05, 0) is 25.9 Å². The Labute approximate surface area is 94.1 Å². The van der Waals surface area contributed by atoms with Crippen LogP contribution in [0.5, 0.6) is 0 Å². The second-order valence-corrected chi connectivity index (χ2v) is 4.92. The molecule has 2 rings (SSSR count). The van der Waals surface area contributed by atoms with Crippen LogP contribution in [0.15, 0.2) is 5.38 Å². The fourth-order valence-electron chi connectivity index (χ4n) is 1.85. The van der Waals surface area contributed by atoms with Crippen molar-refractivity contribution in [1.82, 2.24) is 9.88 Å². The molecule has 0 N–H and O–H groups in total. The fourth-order valence-corrected chi connectivity index (χ4v) is 2.67. The van der Waals surface area contributed by atoms with Gasteiger partial charge in [-0.25, -0.2) is 4.98 Å². The number of rotatable bonds is 4. The van der Waals surface area contributed by atoms with E-state index in [4.69, 9.17) is 0 Å². The molecule has 1 aromatic heterocycles. The zero-order valence-corrected chi connectivity index (χ0v) is 9.85. The third kappa shape index (κ3) is 2.86. The van der Waals surface area contributed by atoms with E-state index in [-0.39, 0.29) is 5.78 Å². The largest absolute Gasteiger partial charge is 0.303 e. The summed E-state index contributed by atoms with van der Waals surface area (Å²) in [7, 11) is 0. The number of carbonyl (C=O) groups excluding carboxylic acids is 1. The third-order valence-electron chi connectivity index (χ3n) is 2.75. The van der Waals surface area contributed by atoms with E-state index in [1.807, 2.05) is 5.38 Å². The van der Waals surface area contributed by atoms with E-state index in [1.54, 1.807) is 18.3 Å². The summed E-state index contributed by atoms with van der Waals surface area (Å²) in [6, 6.07) is 0. The molecule has 15 heavy (non-hydrogen) atoms. The van der Waals surface area contributed by atoms with Crippen LogP contribution < -0.4 is 0 Å². The Kier molecular flexibility index (Phi) is 3.49. The smallest absolute Gasteiger partial charge is 0.178 e. The summed E-state index contributed by atoms with van der Waals surface area (Å²) in [5.74, 6) is 0.0682. The lowest BCUT2D eigenvalue weighted by molar-refractivity contribution is 0.101. The molecule has 0 amide bonds. The SMILES string of the molecule is CC(=O)c1csc(CCN2CCCC2)n1. The van der Waals surface area contributed by atoms with Gasteiger partial charge in [0.1, 0.15) is 5.69 Å². The van der Waals surface area contributed by atoms with Crippen LogP contribution in [0.3, 0.4) is 0 Å². The molecule has 1 aliphatic rings. The van der Waals surface area contributed by atoms with E-state index in [0.717, 1.165) is 18.0 Å². The van der Waals surface area contributed by atoms with Gasteiger partial charge in [-0.2, -0.15) is 0 Å². The number of Topliss-reactive ketones (excluding diaryl/α,β-unsaturated/α-hetero) is 1. The van der Waals surface area contributed by atoms with Gasteiger partial charge < -0.3 is 4.90 Å². The molecule has 82 valence electrons. The summed E-state index contributed by atoms with van der Waals surface area (Å²) in [6.45, 7) is 5.11. The van der Waals surface area contributed by atoms with Gasteiger partial charge in [0.05, 0.1) is 5.01 Å². The predicted octanol–water partition coefficient (Wildman–Crippen LogP) is 1.98. The van der Waals surface area contributed by atoms with Gasteiger partial charge in [-0.1, -0.05) is 0 Å². The predicted molar refractivity (Wildman–Crippen MR) is 61.5 cm³/mol. The lowest BCUT2D eigenvalue weighted by Crippen LogP contribution is -2.21. The average molecular weight is 224 g/mol. The Morgan fingerprint density at radius 3 is 2.87 bits per heavy atom. The number of hydrogen-bond donors (Lipinski definition) is 0. The van der Waals surface area contributed by atoms with Crippen molar-refractivity contribution in [3.05, 3.63) is 16.1 Å². The molecule has 0 unspecified atom stereocenters. The molecule has 1 aliphatic heterocycles. The van der Waals surface area contributed by atoms with Crippen LogP contribution in [-0.4, -0.2) is 35.3 Å². The highest BCUT2D eigenvalue weighted by Crippen LogP contribution is 2.13. The van der Waals surface area contributed by atoms with Gasteiger partial charge in [0.15, 0.2) is 5.78 Å². The van der Waals surface area contributed by atoms with Crippen molar-refractivity contribution >= 4 is 17.1 Å². The summed E-state index contributed by atoms with van der Waals surface area (Å²) < 4.78 is 0. The van der Waals surface area contributed by atoms with Gasteiger partial charge in [0.25, 0.3) is 0 Å². The van der Waals surface area contributed by atoms with Crippen LogP contribution >= 0.6 is 11.3 Å². The van der Waals surface area contributed by atoms with Crippen LogP contribution in [0.2, 0.25) is 0 Å². The van der Waals surface area contributed by atoms with E-state index in [2.05, 4.69) is 9.88 Å². The summed E-state index contributed by atoms with van der Waals surface area (Å²) in [5.41, 5.74) is 0.622. The highest BCUT2D eigenvalue weighted by molar-refractivity contribution is 7.09. The summed E-state index contributed by atoms with van der Waals surface area (Å²) in [4.78, 5) is 17.8. The molecule has 1 aromatic rings. The molecule has 1 fully saturated rings. The Bertz CT molecular complexity index is 342. The van der Waals surface area contributed by atoms with Crippen molar-refractivity contribution in [3.8, 4) is 0 Å². The molecule has 2 heterocycles. The maximum absolute atomic E-state index is 11.1. The molecule has 0 atom stereocenters. The molecule has 3 nitrogen and oxygen atoms in total. The molecule has 0 aliphatic carbocycles. The zero-order valence-electron chi connectivity index (χ0n) is 9.03. The van der Waals surface area contributed by atoms with Gasteiger partial charge in [-0.15, -0.1) is 11.3 Å². The van der Waals surface area contributed by atoms with Gasteiger partial charge in [-0.3, -0.25) is 4.79 Å². The maximum Gasteiger partial charge on any atom is 0.178 e. The lowest BCUT2D eigenvalue weighted by Gasteiger charge is -2.12. The van der Waals surface area contributed by atoms with Crippen molar-refractivity contribution in [2.75, 3.05) is 19.6 Å². The highest BCUT2D eigenvalue weighted by atomic mass is 32.1. The lowest BCUT2D eigenvalue weighted by atomic mass is 10.3. The number of likely N-dealkylation sites (tertiary alicyclic amines) is 1. The topological polar surface area (TPSA) is 33.2 Å². The molecule has 0 spiro atoms. The Morgan fingerprint density at radius 1 is 1.53 bits per heavy atom. The van der Waals surface area contributed by atoms with Crippen LogP contribution in [0.4, 0.5) is 0 Å². The van der Waals surface area contributed by atoms with Crippen molar-refractivity contribution in [3.63, 3.8) is 0 Å². The van der Waals surface area contributed by atoms with Crippen LogP contribution in [0.25, 0.3) is 0 Å². The fraction of sp³-hybridized carbons (Fsp3) is 0.636. The molecule has 0 radical (unpaired) electrons. The minimum atomic E-state index is 0.0682. The zero-order chi connectivity index (χ0) is 10.7. The Hall–Kier alpha value is -0.740. The monoisotopic (exact) mass is 224 g/mol. The summed E-state index contributed by atoms with van der Waals surface area (Å²) in [6.07, 6.45) is 3.64. The molecule has 1 saturated heterocycles. The van der Waals surface area contributed by atoms with E-state index < -0.39 is 0 Å². The maximum atomic E-state index is 11.1. The Balaban J connectivity index is 1.84. The van der Waals surface area contributed by atoms with Crippen LogP contribution in [0.1, 0.15) is 35.3 Å². The van der Waals surface area contributed by atoms with Crippen LogP contribution in [-0.2, 0) is 6.42 Å². The number of thiazole rings is 1. The first-order valence-electron chi connectivity index (χ1n) is 5.43. The average Bonchev–Trinajstić information content (AvgIpc) is 2.86. The number of aromatic nitrogens is 1. The van der Waals surface area contributed by atoms with Crippen molar-refractivity contribution in [2.24, 2.45) is 0 Å². The first-order chi connectivity index (χ1) is 7.25. The minimum absolute atomic E-state index is 0.0682. The number of hydrogen-bond acceptors (Lipinski definition) is 4. The van der Waals surface area contributed by atoms with Gasteiger partial charge in [0.2, 0.25) is 0 Å². The first-order valence-corrected chi connectivity index (χ1v) is 6.31. The number of ketones is 1. The first kappa shape index (κ1) is 10.8. The minimum Gasteiger partial charge on any atom is -0.303 e. The molecule has 0 aromatic carbocycles. The van der Waals surface area contributed by atoms with E-state index in [9.17, 15) is 4.79 Å². The van der Waals surface area contributed by atoms with E-state index in [0.29, 0.717) is 5.69 Å². The Morgan fingerprint density at radius 2 is 2.27 bits per heavy atom. The number of carbonyl (C=O) groups is 1. The molecular weight excluding hydrogens is 208 g/mol. The summed E-state index contributed by atoms with van der Waals surface area (Å²) >= 11 is 1.60. The molecule has 0 bridgehead atoms. The molecule has 0 saturated carbocycles. The van der Waals surface area contributed by atoms with Gasteiger partial charge >= 0.3 is 0 Å². The second-order valence-electron chi connectivity index (χ2n) is 3.98. The highest BCUT2D eigenvalue weighted by Gasteiger charge is 2.12. The third-order valence-corrected chi connectivity index (χ3v) is 3.66. The normalized spacial score (nSPS) is 17.1. The second kappa shape index (κ2) is 4.86. The van der Waals surface area contributed by atoms with Gasteiger partial charge in [0, 0.05) is 25.3 Å². The quantitative estimate of drug-likeness (QED) is 0.733. The van der Waals surface area contributed by atoms with Crippen molar-refractivity contribution < 1.29 is 4.79 Å².